The van der Waals surface area contributed by atoms with Gasteiger partial charge in [0.2, 0.25) is 0 Å². The van der Waals surface area contributed by atoms with Crippen molar-refractivity contribution in [2.45, 2.75) is 38.3 Å². The van der Waals surface area contributed by atoms with Crippen LogP contribution in [0.2, 0.25) is 0 Å². The van der Waals surface area contributed by atoms with Gasteiger partial charge in [0.15, 0.2) is 0 Å². The van der Waals surface area contributed by atoms with Crippen molar-refractivity contribution in [2.24, 2.45) is 11.8 Å². The Hall–Kier alpha value is -0.930. The second-order valence-electron chi connectivity index (χ2n) is 6.52. The second-order valence-corrected chi connectivity index (χ2v) is 6.52. The Bertz CT molecular complexity index is 411. The van der Waals surface area contributed by atoms with Crippen molar-refractivity contribution in [1.29, 1.82) is 0 Å². The molecule has 3 rings (SSSR count). The van der Waals surface area contributed by atoms with Gasteiger partial charge in [-0.15, -0.1) is 0 Å². The zero-order valence-corrected chi connectivity index (χ0v) is 12.3. The monoisotopic (exact) mass is 276 g/mol. The Morgan fingerprint density at radius 2 is 1.75 bits per heavy atom. The molecule has 0 atom stereocenters. The van der Waals surface area contributed by atoms with Gasteiger partial charge in [-0.2, -0.15) is 0 Å². The van der Waals surface area contributed by atoms with Gasteiger partial charge in [-0.1, -0.05) is 12.1 Å². The first-order valence-corrected chi connectivity index (χ1v) is 7.89. The Balaban J connectivity index is 1.38. The third kappa shape index (κ3) is 4.03. The average Bonchev–Trinajstić information content (AvgIpc) is 3.29. The van der Waals surface area contributed by atoms with E-state index in [0.29, 0.717) is 0 Å². The molecule has 0 saturated heterocycles. The SMILES string of the molecule is CN(CCNC(C1CC1)C1CC1)Cc1ccc(F)cc1. The summed E-state index contributed by atoms with van der Waals surface area (Å²) < 4.78 is 12.9. The molecule has 2 nitrogen and oxygen atoms in total. The highest BCUT2D eigenvalue weighted by Crippen LogP contribution is 2.44. The summed E-state index contributed by atoms with van der Waals surface area (Å²) in [7, 11) is 2.13. The standard InChI is InChI=1S/C17H25FN2/c1-20(12-13-2-8-16(18)9-3-13)11-10-19-17(14-4-5-14)15-6-7-15/h2-3,8-9,14-15,17,19H,4-7,10-12H2,1H3. The fourth-order valence-electron chi connectivity index (χ4n) is 3.03. The summed E-state index contributed by atoms with van der Waals surface area (Å²) in [4.78, 5) is 2.30. The Kier molecular flexibility index (Phi) is 4.37. The highest BCUT2D eigenvalue weighted by atomic mass is 19.1. The smallest absolute Gasteiger partial charge is 0.123 e. The van der Waals surface area contributed by atoms with E-state index in [-0.39, 0.29) is 5.82 Å². The van der Waals surface area contributed by atoms with E-state index < -0.39 is 0 Å². The van der Waals surface area contributed by atoms with Gasteiger partial charge >= 0.3 is 0 Å². The van der Waals surface area contributed by atoms with Gasteiger partial charge in [-0.25, -0.2) is 4.39 Å². The van der Waals surface area contributed by atoms with E-state index in [9.17, 15) is 4.39 Å². The lowest BCUT2D eigenvalue weighted by molar-refractivity contribution is 0.305. The van der Waals surface area contributed by atoms with Crippen LogP contribution in [0, 0.1) is 17.7 Å². The largest absolute Gasteiger partial charge is 0.312 e. The number of nitrogens with one attached hydrogen (secondary N) is 1. The molecule has 2 fully saturated rings. The number of rotatable bonds is 8. The number of likely N-dealkylation sites (N-methyl/N-ethyl adjacent to an activating group) is 1. The van der Waals surface area contributed by atoms with Crippen LogP contribution in [0.1, 0.15) is 31.2 Å². The van der Waals surface area contributed by atoms with Crippen molar-refractivity contribution >= 4 is 0 Å². The quantitative estimate of drug-likeness (QED) is 0.785. The minimum absolute atomic E-state index is 0.158. The van der Waals surface area contributed by atoms with Crippen LogP contribution < -0.4 is 5.32 Å². The number of hydrogen-bond donors (Lipinski definition) is 1. The molecule has 1 N–H and O–H groups in total. The number of nitrogens with zero attached hydrogens (tertiary/aromatic N) is 1. The van der Waals surface area contributed by atoms with E-state index >= 15 is 0 Å². The molecular formula is C17H25FN2. The highest BCUT2D eigenvalue weighted by Gasteiger charge is 2.40. The van der Waals surface area contributed by atoms with Crippen molar-refractivity contribution in [3.05, 3.63) is 35.6 Å². The van der Waals surface area contributed by atoms with Crippen LogP contribution in [0.3, 0.4) is 0 Å². The summed E-state index contributed by atoms with van der Waals surface area (Å²) in [5, 5.41) is 3.77. The highest BCUT2D eigenvalue weighted by molar-refractivity contribution is 5.15. The Morgan fingerprint density at radius 1 is 1.15 bits per heavy atom. The first-order valence-electron chi connectivity index (χ1n) is 7.89. The maximum Gasteiger partial charge on any atom is 0.123 e. The lowest BCUT2D eigenvalue weighted by Gasteiger charge is -2.21. The number of hydrogen-bond acceptors (Lipinski definition) is 2. The average molecular weight is 276 g/mol. The van der Waals surface area contributed by atoms with E-state index in [1.165, 1.54) is 43.4 Å². The van der Waals surface area contributed by atoms with Crippen LogP contribution in [0.25, 0.3) is 0 Å². The van der Waals surface area contributed by atoms with Crippen LogP contribution in [-0.4, -0.2) is 31.1 Å². The molecule has 0 radical (unpaired) electrons. The fraction of sp³-hybridized carbons (Fsp3) is 0.647. The van der Waals surface area contributed by atoms with Crippen molar-refractivity contribution < 1.29 is 4.39 Å². The third-order valence-corrected chi connectivity index (χ3v) is 4.50. The molecule has 110 valence electrons. The summed E-state index contributed by atoms with van der Waals surface area (Å²) in [6, 6.07) is 7.61. The summed E-state index contributed by atoms with van der Waals surface area (Å²) in [6.45, 7) is 3.00. The van der Waals surface area contributed by atoms with Crippen molar-refractivity contribution in [3.8, 4) is 0 Å². The summed E-state index contributed by atoms with van der Waals surface area (Å²) in [6.07, 6.45) is 5.72. The van der Waals surface area contributed by atoms with Crippen molar-refractivity contribution in [1.82, 2.24) is 10.2 Å². The molecule has 0 amide bonds. The lowest BCUT2D eigenvalue weighted by Crippen LogP contribution is -2.38. The van der Waals surface area contributed by atoms with E-state index in [1.807, 2.05) is 12.1 Å². The van der Waals surface area contributed by atoms with Gasteiger partial charge in [-0.3, -0.25) is 0 Å². The molecule has 3 heteroatoms. The molecule has 0 aliphatic heterocycles. The van der Waals surface area contributed by atoms with Crippen molar-refractivity contribution in [2.75, 3.05) is 20.1 Å². The Morgan fingerprint density at radius 3 is 2.30 bits per heavy atom. The molecule has 0 heterocycles. The van der Waals surface area contributed by atoms with E-state index in [0.717, 1.165) is 37.5 Å². The van der Waals surface area contributed by atoms with Gasteiger partial charge in [-0.05, 0) is 62.3 Å². The molecule has 1 aromatic rings. The maximum absolute atomic E-state index is 12.9. The minimum Gasteiger partial charge on any atom is -0.312 e. The third-order valence-electron chi connectivity index (χ3n) is 4.50. The maximum atomic E-state index is 12.9. The first-order chi connectivity index (χ1) is 9.72. The summed E-state index contributed by atoms with van der Waals surface area (Å²) in [5.41, 5.74) is 1.18. The van der Waals surface area contributed by atoms with Crippen molar-refractivity contribution in [3.63, 3.8) is 0 Å². The first kappa shape index (κ1) is 14.0. The van der Waals surface area contributed by atoms with Gasteiger partial charge in [0.25, 0.3) is 0 Å². The van der Waals surface area contributed by atoms with E-state index in [1.54, 1.807) is 0 Å². The van der Waals surface area contributed by atoms with E-state index in [2.05, 4.69) is 17.3 Å². The molecular weight excluding hydrogens is 251 g/mol. The number of halogens is 1. The molecule has 1 aromatic carbocycles. The molecule has 0 spiro atoms. The predicted molar refractivity (Wildman–Crippen MR) is 80.0 cm³/mol. The molecule has 0 bridgehead atoms. The number of benzene rings is 1. The van der Waals surface area contributed by atoms with Crippen LogP contribution in [0.4, 0.5) is 4.39 Å². The molecule has 2 saturated carbocycles. The molecule has 20 heavy (non-hydrogen) atoms. The van der Waals surface area contributed by atoms with E-state index in [4.69, 9.17) is 0 Å². The molecule has 0 unspecified atom stereocenters. The second kappa shape index (κ2) is 6.23. The molecule has 0 aromatic heterocycles. The van der Waals surface area contributed by atoms with Gasteiger partial charge in [0.1, 0.15) is 5.82 Å². The van der Waals surface area contributed by atoms with Crippen LogP contribution in [-0.2, 0) is 6.54 Å². The van der Waals surface area contributed by atoms with Crippen LogP contribution in [0.5, 0.6) is 0 Å². The minimum atomic E-state index is -0.158. The molecule has 2 aliphatic carbocycles. The Labute approximate surface area is 121 Å². The van der Waals surface area contributed by atoms with Crippen LogP contribution in [0.15, 0.2) is 24.3 Å². The summed E-state index contributed by atoms with van der Waals surface area (Å²) >= 11 is 0. The topological polar surface area (TPSA) is 15.3 Å². The predicted octanol–water partition coefficient (Wildman–Crippen LogP) is 3.04. The summed E-state index contributed by atoms with van der Waals surface area (Å²) in [5.74, 6) is 1.77. The fourth-order valence-corrected chi connectivity index (χ4v) is 3.03. The van der Waals surface area contributed by atoms with Gasteiger partial charge in [0.05, 0.1) is 0 Å². The zero-order chi connectivity index (χ0) is 13.9. The zero-order valence-electron chi connectivity index (χ0n) is 12.3. The van der Waals surface area contributed by atoms with Gasteiger partial charge in [0, 0.05) is 25.7 Å². The lowest BCUT2D eigenvalue weighted by atomic mass is 10.1. The normalized spacial score (nSPS) is 19.0. The van der Waals surface area contributed by atoms with Gasteiger partial charge < -0.3 is 10.2 Å². The van der Waals surface area contributed by atoms with Crippen LogP contribution >= 0.6 is 0 Å². The molecule has 2 aliphatic rings.